The van der Waals surface area contributed by atoms with Gasteiger partial charge >= 0.3 is 5.97 Å². The number of rotatable bonds is 6. The smallest absolute Gasteiger partial charge is 0.372 e. The van der Waals surface area contributed by atoms with Crippen molar-refractivity contribution >= 4 is 5.97 Å². The molecule has 1 unspecified atom stereocenters. The van der Waals surface area contributed by atoms with Crippen LogP contribution in [-0.4, -0.2) is 17.6 Å². The van der Waals surface area contributed by atoms with Crippen molar-refractivity contribution in [1.29, 1.82) is 0 Å². The Morgan fingerprint density at radius 3 is 3.06 bits per heavy atom. The molecule has 1 heterocycles. The molecule has 0 saturated heterocycles. The highest BCUT2D eigenvalue weighted by molar-refractivity contribution is 5.86. The fourth-order valence-electron chi connectivity index (χ4n) is 1.93. The van der Waals surface area contributed by atoms with E-state index in [1.54, 1.807) is 6.07 Å². The van der Waals surface area contributed by atoms with Gasteiger partial charge in [0.05, 0.1) is 6.26 Å². The highest BCUT2D eigenvalue weighted by Gasteiger charge is 2.27. The molecule has 88 valence electrons. The molecule has 1 fully saturated rings. The van der Waals surface area contributed by atoms with E-state index >= 15 is 0 Å². The molecule has 1 aromatic heterocycles. The van der Waals surface area contributed by atoms with Crippen molar-refractivity contribution in [2.75, 3.05) is 6.54 Å². The van der Waals surface area contributed by atoms with E-state index in [2.05, 4.69) is 12.2 Å². The minimum atomic E-state index is -1.00. The highest BCUT2D eigenvalue weighted by Crippen LogP contribution is 2.36. The minimum absolute atomic E-state index is 0.0478. The standard InChI is InChI=1S/C12H17NO3/c1-8(9-2-3-9)6-13-7-10-4-5-16-11(10)12(14)15/h4-5,8-9,13H,2-3,6-7H2,1H3,(H,14,15). The number of hydrogen-bond acceptors (Lipinski definition) is 3. The normalized spacial score (nSPS) is 17.3. The molecule has 0 radical (unpaired) electrons. The zero-order valence-electron chi connectivity index (χ0n) is 9.40. The summed E-state index contributed by atoms with van der Waals surface area (Å²) in [6.45, 7) is 3.74. The number of carboxylic acids is 1. The van der Waals surface area contributed by atoms with Crippen molar-refractivity contribution in [3.63, 3.8) is 0 Å². The van der Waals surface area contributed by atoms with Crippen LogP contribution in [0.15, 0.2) is 16.7 Å². The predicted octanol–water partition coefficient (Wildman–Crippen LogP) is 2.11. The van der Waals surface area contributed by atoms with Gasteiger partial charge in [0, 0.05) is 12.1 Å². The summed E-state index contributed by atoms with van der Waals surface area (Å²) in [6, 6.07) is 1.71. The van der Waals surface area contributed by atoms with Gasteiger partial charge in [0.15, 0.2) is 0 Å². The Labute approximate surface area is 94.6 Å². The van der Waals surface area contributed by atoms with Crippen molar-refractivity contribution < 1.29 is 14.3 Å². The van der Waals surface area contributed by atoms with Gasteiger partial charge in [-0.3, -0.25) is 0 Å². The maximum Gasteiger partial charge on any atom is 0.372 e. The van der Waals surface area contributed by atoms with Crippen molar-refractivity contribution in [2.24, 2.45) is 11.8 Å². The quantitative estimate of drug-likeness (QED) is 0.775. The van der Waals surface area contributed by atoms with E-state index in [1.165, 1.54) is 19.1 Å². The van der Waals surface area contributed by atoms with Crippen LogP contribution in [0.5, 0.6) is 0 Å². The Morgan fingerprint density at radius 2 is 2.44 bits per heavy atom. The molecule has 2 N–H and O–H groups in total. The first-order valence-corrected chi connectivity index (χ1v) is 5.69. The van der Waals surface area contributed by atoms with Crippen molar-refractivity contribution in [3.05, 3.63) is 23.7 Å². The van der Waals surface area contributed by atoms with Gasteiger partial charge in [-0.05, 0) is 37.3 Å². The molecule has 1 saturated carbocycles. The molecule has 0 amide bonds. The van der Waals surface area contributed by atoms with Crippen LogP contribution in [-0.2, 0) is 6.54 Å². The average Bonchev–Trinajstić information content (AvgIpc) is 2.98. The van der Waals surface area contributed by atoms with Gasteiger partial charge in [-0.1, -0.05) is 6.92 Å². The van der Waals surface area contributed by atoms with Crippen LogP contribution in [0.4, 0.5) is 0 Å². The predicted molar refractivity (Wildman–Crippen MR) is 59.3 cm³/mol. The molecule has 0 bridgehead atoms. The highest BCUT2D eigenvalue weighted by atomic mass is 16.4. The minimum Gasteiger partial charge on any atom is -0.475 e. The fourth-order valence-corrected chi connectivity index (χ4v) is 1.93. The Bertz CT molecular complexity index is 368. The first-order chi connectivity index (χ1) is 7.68. The molecule has 1 aliphatic carbocycles. The number of hydrogen-bond donors (Lipinski definition) is 2. The molecule has 2 rings (SSSR count). The van der Waals surface area contributed by atoms with Crippen LogP contribution in [0.2, 0.25) is 0 Å². The molecule has 0 spiro atoms. The second kappa shape index (κ2) is 4.70. The lowest BCUT2D eigenvalue weighted by Gasteiger charge is -2.10. The molecule has 16 heavy (non-hydrogen) atoms. The number of carboxylic acid groups (broad SMARTS) is 1. The number of nitrogens with one attached hydrogen (secondary N) is 1. The van der Waals surface area contributed by atoms with Crippen LogP contribution in [0.25, 0.3) is 0 Å². The first kappa shape index (κ1) is 11.2. The second-order valence-corrected chi connectivity index (χ2v) is 4.53. The Balaban J connectivity index is 1.80. The van der Waals surface area contributed by atoms with Gasteiger partial charge < -0.3 is 14.8 Å². The van der Waals surface area contributed by atoms with E-state index in [0.29, 0.717) is 12.5 Å². The van der Waals surface area contributed by atoms with Gasteiger partial charge in [0.2, 0.25) is 5.76 Å². The van der Waals surface area contributed by atoms with Crippen molar-refractivity contribution in [1.82, 2.24) is 5.32 Å². The Kier molecular flexibility index (Phi) is 3.29. The SMILES string of the molecule is CC(CNCc1ccoc1C(=O)O)C1CC1. The molecule has 1 atom stereocenters. The number of aromatic carboxylic acids is 1. The van der Waals surface area contributed by atoms with Crippen LogP contribution < -0.4 is 5.32 Å². The van der Waals surface area contributed by atoms with E-state index in [1.807, 2.05) is 0 Å². The van der Waals surface area contributed by atoms with E-state index in [-0.39, 0.29) is 5.76 Å². The van der Waals surface area contributed by atoms with Crippen LogP contribution in [0.1, 0.15) is 35.9 Å². The van der Waals surface area contributed by atoms with Gasteiger partial charge in [-0.25, -0.2) is 4.79 Å². The molecule has 4 nitrogen and oxygen atoms in total. The third-order valence-corrected chi connectivity index (χ3v) is 3.15. The zero-order chi connectivity index (χ0) is 11.5. The molecule has 0 aromatic carbocycles. The van der Waals surface area contributed by atoms with E-state index in [9.17, 15) is 4.79 Å². The summed E-state index contributed by atoms with van der Waals surface area (Å²) in [5.74, 6) is 0.597. The van der Waals surface area contributed by atoms with Crippen LogP contribution in [0, 0.1) is 11.8 Å². The van der Waals surface area contributed by atoms with E-state index < -0.39 is 5.97 Å². The summed E-state index contributed by atoms with van der Waals surface area (Å²) in [5.41, 5.74) is 0.718. The van der Waals surface area contributed by atoms with Crippen molar-refractivity contribution in [3.8, 4) is 0 Å². The lowest BCUT2D eigenvalue weighted by atomic mass is 10.1. The van der Waals surface area contributed by atoms with E-state index in [4.69, 9.17) is 9.52 Å². The first-order valence-electron chi connectivity index (χ1n) is 5.69. The fraction of sp³-hybridized carbons (Fsp3) is 0.583. The summed E-state index contributed by atoms with van der Waals surface area (Å²) < 4.78 is 4.90. The largest absolute Gasteiger partial charge is 0.475 e. The van der Waals surface area contributed by atoms with Crippen molar-refractivity contribution in [2.45, 2.75) is 26.3 Å². The maximum absolute atomic E-state index is 10.8. The topological polar surface area (TPSA) is 62.5 Å². The Morgan fingerprint density at radius 1 is 1.69 bits per heavy atom. The summed E-state index contributed by atoms with van der Waals surface area (Å²) in [6.07, 6.45) is 4.11. The number of carbonyl (C=O) groups is 1. The summed E-state index contributed by atoms with van der Waals surface area (Å²) in [4.78, 5) is 10.8. The lowest BCUT2D eigenvalue weighted by molar-refractivity contribution is 0.0660. The van der Waals surface area contributed by atoms with Crippen LogP contribution in [0.3, 0.4) is 0 Å². The van der Waals surface area contributed by atoms with Gasteiger partial charge in [-0.2, -0.15) is 0 Å². The zero-order valence-corrected chi connectivity index (χ0v) is 9.40. The average molecular weight is 223 g/mol. The summed E-state index contributed by atoms with van der Waals surface area (Å²) in [5, 5.41) is 12.1. The molecular weight excluding hydrogens is 206 g/mol. The van der Waals surface area contributed by atoms with E-state index in [0.717, 1.165) is 18.0 Å². The third kappa shape index (κ3) is 2.64. The Hall–Kier alpha value is -1.29. The molecule has 4 heteroatoms. The molecule has 1 aliphatic rings. The summed E-state index contributed by atoms with van der Waals surface area (Å²) in [7, 11) is 0. The van der Waals surface area contributed by atoms with Crippen LogP contribution >= 0.6 is 0 Å². The molecule has 1 aromatic rings. The van der Waals surface area contributed by atoms with Gasteiger partial charge in [-0.15, -0.1) is 0 Å². The maximum atomic E-state index is 10.8. The summed E-state index contributed by atoms with van der Waals surface area (Å²) >= 11 is 0. The van der Waals surface area contributed by atoms with Gasteiger partial charge in [0.1, 0.15) is 0 Å². The molecular formula is C12H17NO3. The molecule has 0 aliphatic heterocycles. The lowest BCUT2D eigenvalue weighted by Crippen LogP contribution is -2.22. The second-order valence-electron chi connectivity index (χ2n) is 4.53. The number of furan rings is 1. The monoisotopic (exact) mass is 223 g/mol. The third-order valence-electron chi connectivity index (χ3n) is 3.15. The van der Waals surface area contributed by atoms with Gasteiger partial charge in [0.25, 0.3) is 0 Å².